The monoisotopic (exact) mass is 652 g/mol. The van der Waals surface area contributed by atoms with Crippen LogP contribution in [0.4, 0.5) is 33.7 Å². The molecular weight excluding hydrogens is 620 g/mol. The van der Waals surface area contributed by atoms with Crippen molar-refractivity contribution in [2.45, 2.75) is 37.1 Å². The van der Waals surface area contributed by atoms with Gasteiger partial charge in [-0.05, 0) is 67.6 Å². The van der Waals surface area contributed by atoms with Crippen LogP contribution in [0.1, 0.15) is 29.8 Å². The molecule has 0 aromatic heterocycles. The minimum atomic E-state index is -4.53. The number of fused-ring (bicyclic) bond motifs is 1. The first-order chi connectivity index (χ1) is 21.1. The Morgan fingerprint density at radius 1 is 1.11 bits per heavy atom. The number of alkyl halides is 3. The fourth-order valence-corrected chi connectivity index (χ4v) is 5.74. The Morgan fingerprint density at radius 2 is 1.76 bits per heavy atom. The summed E-state index contributed by atoms with van der Waals surface area (Å²) in [5, 5.41) is 12.4. The number of halogens is 4. The van der Waals surface area contributed by atoms with Gasteiger partial charge in [0.2, 0.25) is 0 Å². The van der Waals surface area contributed by atoms with E-state index in [0.29, 0.717) is 0 Å². The number of rotatable bonds is 8. The van der Waals surface area contributed by atoms with E-state index < -0.39 is 57.6 Å². The van der Waals surface area contributed by atoms with Crippen molar-refractivity contribution in [2.75, 3.05) is 36.8 Å². The van der Waals surface area contributed by atoms with E-state index in [2.05, 4.69) is 10.0 Å². The number of carbonyl (C=O) groups excluding carboxylic acids is 2. The molecule has 4 rings (SSSR count). The standard InChI is InChI=1S/C30H32F4N4O6S/c1-18-15-38(19(2)17-39)28(40)24-5-4-6-25(36-45(42,43)23-13-9-21(31)10-14-23)27(24)44-26(18)16-37(3)29(41)35-22-11-7-20(8-12-22)30(32,33)34/h4-14,18-19,26,36,39H,15-17H2,1-3H3,(H,35,41)/t18-,19-,26-/m0/s1. The van der Waals surface area contributed by atoms with Gasteiger partial charge in [-0.15, -0.1) is 0 Å². The zero-order valence-electron chi connectivity index (χ0n) is 24.5. The Kier molecular flexibility index (Phi) is 9.92. The molecule has 45 heavy (non-hydrogen) atoms. The van der Waals surface area contributed by atoms with E-state index in [4.69, 9.17) is 4.74 Å². The van der Waals surface area contributed by atoms with Gasteiger partial charge in [0.05, 0.1) is 40.9 Å². The molecule has 3 aromatic carbocycles. The van der Waals surface area contributed by atoms with Crippen molar-refractivity contribution in [3.05, 3.63) is 83.7 Å². The summed E-state index contributed by atoms with van der Waals surface area (Å²) < 4.78 is 87.2. The number of anilines is 2. The average Bonchev–Trinajstić information content (AvgIpc) is 2.98. The molecule has 0 unspecified atom stereocenters. The van der Waals surface area contributed by atoms with Crippen molar-refractivity contribution in [1.82, 2.24) is 9.80 Å². The predicted molar refractivity (Wildman–Crippen MR) is 158 cm³/mol. The van der Waals surface area contributed by atoms with E-state index in [-0.39, 0.29) is 47.3 Å². The van der Waals surface area contributed by atoms with Gasteiger partial charge in [-0.3, -0.25) is 9.52 Å². The molecule has 0 spiro atoms. The SMILES string of the molecule is C[C@H]1CN([C@@H](C)CO)C(=O)c2cccc(NS(=O)(=O)c3ccc(F)cc3)c2O[C@H]1CN(C)C(=O)Nc1ccc(C(F)(F)F)cc1. The van der Waals surface area contributed by atoms with Crippen LogP contribution < -0.4 is 14.8 Å². The van der Waals surface area contributed by atoms with Gasteiger partial charge in [0.1, 0.15) is 11.9 Å². The molecule has 0 bridgehead atoms. The Hall–Kier alpha value is -4.37. The highest BCUT2D eigenvalue weighted by molar-refractivity contribution is 7.92. The average molecular weight is 653 g/mol. The highest BCUT2D eigenvalue weighted by atomic mass is 32.2. The molecule has 0 saturated heterocycles. The lowest BCUT2D eigenvalue weighted by Gasteiger charge is -2.38. The Balaban J connectivity index is 1.64. The molecular formula is C30H32F4N4O6S. The molecule has 1 aliphatic rings. The zero-order valence-corrected chi connectivity index (χ0v) is 25.3. The van der Waals surface area contributed by atoms with Crippen molar-refractivity contribution in [3.63, 3.8) is 0 Å². The lowest BCUT2D eigenvalue weighted by atomic mass is 9.99. The second-order valence-electron chi connectivity index (χ2n) is 10.8. The molecule has 3 aromatic rings. The van der Waals surface area contributed by atoms with Gasteiger partial charge in [0.15, 0.2) is 5.75 Å². The number of nitrogens with zero attached hydrogens (tertiary/aromatic N) is 2. The predicted octanol–water partition coefficient (Wildman–Crippen LogP) is 5.03. The molecule has 3 amide bonds. The Labute approximate surface area is 257 Å². The number of aliphatic hydroxyl groups excluding tert-OH is 1. The van der Waals surface area contributed by atoms with Crippen LogP contribution in [-0.4, -0.2) is 74.2 Å². The number of hydrogen-bond donors (Lipinski definition) is 3. The molecule has 242 valence electrons. The topological polar surface area (TPSA) is 128 Å². The lowest BCUT2D eigenvalue weighted by Crippen LogP contribution is -2.50. The number of amides is 3. The third-order valence-electron chi connectivity index (χ3n) is 7.32. The van der Waals surface area contributed by atoms with Crippen molar-refractivity contribution in [3.8, 4) is 5.75 Å². The fourth-order valence-electron chi connectivity index (χ4n) is 4.67. The Bertz CT molecular complexity index is 1640. The molecule has 1 aliphatic heterocycles. The number of para-hydroxylation sites is 1. The maximum absolute atomic E-state index is 13.7. The second kappa shape index (κ2) is 13.3. The van der Waals surface area contributed by atoms with Crippen molar-refractivity contribution in [1.29, 1.82) is 0 Å². The number of hydrogen-bond acceptors (Lipinski definition) is 6. The molecule has 3 atom stereocenters. The minimum Gasteiger partial charge on any atom is -0.485 e. The van der Waals surface area contributed by atoms with Crippen LogP contribution in [0.3, 0.4) is 0 Å². The summed E-state index contributed by atoms with van der Waals surface area (Å²) in [6.45, 7) is 3.08. The van der Waals surface area contributed by atoms with Crippen LogP contribution >= 0.6 is 0 Å². The van der Waals surface area contributed by atoms with Crippen molar-refractivity contribution >= 4 is 33.3 Å². The molecule has 0 radical (unpaired) electrons. The summed E-state index contributed by atoms with van der Waals surface area (Å²) in [5.74, 6) is -1.72. The van der Waals surface area contributed by atoms with Gasteiger partial charge in [-0.25, -0.2) is 17.6 Å². The van der Waals surface area contributed by atoms with Crippen molar-refractivity contribution < 1.29 is 45.4 Å². The van der Waals surface area contributed by atoms with Gasteiger partial charge >= 0.3 is 12.2 Å². The highest BCUT2D eigenvalue weighted by Crippen LogP contribution is 2.36. The number of urea groups is 1. The van der Waals surface area contributed by atoms with E-state index in [1.165, 1.54) is 35.0 Å². The van der Waals surface area contributed by atoms with E-state index in [1.807, 2.05) is 0 Å². The van der Waals surface area contributed by atoms with E-state index in [0.717, 1.165) is 48.5 Å². The summed E-state index contributed by atoms with van der Waals surface area (Å²) >= 11 is 0. The van der Waals surface area contributed by atoms with Gasteiger partial charge in [0.25, 0.3) is 15.9 Å². The maximum Gasteiger partial charge on any atom is 0.416 e. The molecule has 1 heterocycles. The Morgan fingerprint density at radius 3 is 2.36 bits per heavy atom. The van der Waals surface area contributed by atoms with Crippen LogP contribution in [0, 0.1) is 11.7 Å². The van der Waals surface area contributed by atoms with Crippen LogP contribution in [0.5, 0.6) is 5.75 Å². The number of aliphatic hydroxyl groups is 1. The van der Waals surface area contributed by atoms with Gasteiger partial charge in [-0.1, -0.05) is 13.0 Å². The number of benzene rings is 3. The zero-order chi connectivity index (χ0) is 33.1. The molecule has 15 heteroatoms. The highest BCUT2D eigenvalue weighted by Gasteiger charge is 2.36. The first-order valence-electron chi connectivity index (χ1n) is 13.8. The molecule has 10 nitrogen and oxygen atoms in total. The number of carbonyl (C=O) groups is 2. The lowest BCUT2D eigenvalue weighted by molar-refractivity contribution is -0.137. The first kappa shape index (κ1) is 33.5. The molecule has 0 fully saturated rings. The molecule has 0 saturated carbocycles. The van der Waals surface area contributed by atoms with Crippen molar-refractivity contribution in [2.24, 2.45) is 5.92 Å². The largest absolute Gasteiger partial charge is 0.485 e. The summed E-state index contributed by atoms with van der Waals surface area (Å²) in [6, 6.07) is 11.1. The van der Waals surface area contributed by atoms with E-state index in [9.17, 15) is 40.7 Å². The maximum atomic E-state index is 13.7. The number of ether oxygens (including phenoxy) is 1. The summed E-state index contributed by atoms with van der Waals surface area (Å²) in [6.07, 6.45) is -5.36. The molecule has 3 N–H and O–H groups in total. The summed E-state index contributed by atoms with van der Waals surface area (Å²) in [4.78, 5) is 29.1. The fraction of sp³-hybridized carbons (Fsp3) is 0.333. The van der Waals surface area contributed by atoms with Crippen LogP contribution in [0.25, 0.3) is 0 Å². The first-order valence-corrected chi connectivity index (χ1v) is 15.3. The van der Waals surface area contributed by atoms with Gasteiger partial charge < -0.3 is 25.0 Å². The minimum absolute atomic E-state index is 0.00312. The number of sulfonamides is 1. The van der Waals surface area contributed by atoms with E-state index >= 15 is 0 Å². The third-order valence-corrected chi connectivity index (χ3v) is 8.70. The summed E-state index contributed by atoms with van der Waals surface area (Å²) in [7, 11) is -2.82. The van der Waals surface area contributed by atoms with Gasteiger partial charge in [0, 0.05) is 25.2 Å². The van der Waals surface area contributed by atoms with Crippen LogP contribution in [0.2, 0.25) is 0 Å². The number of likely N-dealkylation sites (N-methyl/N-ethyl adjacent to an activating group) is 1. The summed E-state index contributed by atoms with van der Waals surface area (Å²) in [5.41, 5.74) is -0.824. The number of nitrogens with one attached hydrogen (secondary N) is 2. The van der Waals surface area contributed by atoms with Gasteiger partial charge in [-0.2, -0.15) is 13.2 Å². The van der Waals surface area contributed by atoms with Crippen LogP contribution in [-0.2, 0) is 16.2 Å². The second-order valence-corrected chi connectivity index (χ2v) is 12.4. The molecule has 0 aliphatic carbocycles. The smallest absolute Gasteiger partial charge is 0.416 e. The normalized spacial score (nSPS) is 17.8. The third kappa shape index (κ3) is 7.84. The van der Waals surface area contributed by atoms with Crippen LogP contribution in [0.15, 0.2) is 71.6 Å². The quantitative estimate of drug-likeness (QED) is 0.293. The van der Waals surface area contributed by atoms with E-state index in [1.54, 1.807) is 13.8 Å².